The fraction of sp³-hybridized carbons (Fsp3) is 0.364. The predicted molar refractivity (Wildman–Crippen MR) is 108 cm³/mol. The molecule has 0 atom stereocenters. The van der Waals surface area contributed by atoms with Gasteiger partial charge in [-0.1, -0.05) is 44.2 Å². The molecule has 4 rings (SSSR count). The van der Waals surface area contributed by atoms with Crippen molar-refractivity contribution in [2.24, 2.45) is 7.05 Å². The van der Waals surface area contributed by atoms with Crippen molar-refractivity contribution in [2.45, 2.75) is 32.6 Å². The lowest BCUT2D eigenvalue weighted by molar-refractivity contribution is 0.0761. The van der Waals surface area contributed by atoms with Crippen LogP contribution in [0.4, 0.5) is 0 Å². The van der Waals surface area contributed by atoms with E-state index in [0.29, 0.717) is 18.7 Å². The summed E-state index contributed by atoms with van der Waals surface area (Å²) >= 11 is 0. The van der Waals surface area contributed by atoms with Gasteiger partial charge in [0.1, 0.15) is 5.82 Å². The van der Waals surface area contributed by atoms with Gasteiger partial charge in [0.25, 0.3) is 5.91 Å². The first-order chi connectivity index (χ1) is 13.5. The third kappa shape index (κ3) is 3.42. The summed E-state index contributed by atoms with van der Waals surface area (Å²) < 4.78 is 1.96. The van der Waals surface area contributed by atoms with Gasteiger partial charge in [-0.25, -0.2) is 9.97 Å². The lowest BCUT2D eigenvalue weighted by Crippen LogP contribution is -2.33. The normalized spacial score (nSPS) is 14.1. The molecule has 0 fully saturated rings. The third-order valence-corrected chi connectivity index (χ3v) is 5.29. The summed E-state index contributed by atoms with van der Waals surface area (Å²) in [5, 5.41) is 4.75. The zero-order chi connectivity index (χ0) is 19.7. The van der Waals surface area contributed by atoms with Gasteiger partial charge < -0.3 is 4.90 Å². The number of aryl methyl sites for hydroxylation is 1. The second-order valence-corrected chi connectivity index (χ2v) is 7.54. The van der Waals surface area contributed by atoms with Crippen LogP contribution in [0.25, 0.3) is 11.3 Å². The summed E-state index contributed by atoms with van der Waals surface area (Å²) in [5.41, 5.74) is 5.15. The van der Waals surface area contributed by atoms with Crippen LogP contribution in [0.2, 0.25) is 0 Å². The molecule has 0 radical (unpaired) electrons. The van der Waals surface area contributed by atoms with E-state index in [4.69, 9.17) is 5.10 Å². The van der Waals surface area contributed by atoms with E-state index in [2.05, 4.69) is 22.1 Å². The lowest BCUT2D eigenvalue weighted by atomic mass is 10.0. The third-order valence-electron chi connectivity index (χ3n) is 5.29. The molecular formula is C22H25N5O. The van der Waals surface area contributed by atoms with E-state index in [1.54, 1.807) is 12.4 Å². The number of rotatable bonds is 3. The molecule has 1 amide bonds. The Kier molecular flexibility index (Phi) is 4.94. The van der Waals surface area contributed by atoms with E-state index >= 15 is 0 Å². The highest BCUT2D eigenvalue weighted by molar-refractivity contribution is 5.93. The fourth-order valence-corrected chi connectivity index (χ4v) is 3.74. The van der Waals surface area contributed by atoms with E-state index in [1.165, 1.54) is 11.3 Å². The van der Waals surface area contributed by atoms with Crippen LogP contribution in [0.5, 0.6) is 0 Å². The van der Waals surface area contributed by atoms with Crippen molar-refractivity contribution < 1.29 is 4.79 Å². The minimum Gasteiger partial charge on any atom is -0.338 e. The van der Waals surface area contributed by atoms with E-state index in [9.17, 15) is 4.79 Å². The summed E-state index contributed by atoms with van der Waals surface area (Å²) in [4.78, 5) is 23.6. The molecule has 1 aromatic carbocycles. The Morgan fingerprint density at radius 2 is 1.71 bits per heavy atom. The first-order valence-corrected chi connectivity index (χ1v) is 9.76. The number of benzene rings is 1. The number of nitrogens with zero attached hydrogens (tertiary/aromatic N) is 5. The molecule has 0 bridgehead atoms. The standard InChI is InChI=1S/C22H25N5O/c1-15(2)21-23-13-17(14-24-21)22(28)27-11-9-18-19(10-12-27)26(3)25-20(18)16-7-5-4-6-8-16/h4-8,13-15H,9-12H2,1-3H3. The number of carbonyl (C=O) groups excluding carboxylic acids is 1. The van der Waals surface area contributed by atoms with Gasteiger partial charge in [0.15, 0.2) is 0 Å². The minimum absolute atomic E-state index is 0.00247. The summed E-state index contributed by atoms with van der Waals surface area (Å²) in [6.45, 7) is 5.43. The highest BCUT2D eigenvalue weighted by Crippen LogP contribution is 2.28. The Morgan fingerprint density at radius 3 is 2.39 bits per heavy atom. The average molecular weight is 375 g/mol. The molecule has 0 N–H and O–H groups in total. The molecule has 144 valence electrons. The minimum atomic E-state index is -0.00247. The van der Waals surface area contributed by atoms with Crippen LogP contribution in [0, 0.1) is 0 Å². The maximum Gasteiger partial charge on any atom is 0.257 e. The summed E-state index contributed by atoms with van der Waals surface area (Å²) in [6, 6.07) is 10.2. The Balaban J connectivity index is 1.56. The van der Waals surface area contributed by atoms with Crippen LogP contribution in [-0.2, 0) is 19.9 Å². The molecular weight excluding hydrogens is 350 g/mol. The number of hydrogen-bond acceptors (Lipinski definition) is 4. The molecule has 0 spiro atoms. The van der Waals surface area contributed by atoms with Crippen molar-refractivity contribution in [3.05, 3.63) is 65.4 Å². The van der Waals surface area contributed by atoms with Gasteiger partial charge in [-0.2, -0.15) is 5.10 Å². The van der Waals surface area contributed by atoms with Crippen molar-refractivity contribution in [1.29, 1.82) is 0 Å². The molecule has 6 nitrogen and oxygen atoms in total. The predicted octanol–water partition coefficient (Wildman–Crippen LogP) is 3.24. The quantitative estimate of drug-likeness (QED) is 0.705. The van der Waals surface area contributed by atoms with E-state index < -0.39 is 0 Å². The molecule has 0 saturated carbocycles. The zero-order valence-corrected chi connectivity index (χ0v) is 16.6. The van der Waals surface area contributed by atoms with Gasteiger partial charge in [-0.15, -0.1) is 0 Å². The molecule has 28 heavy (non-hydrogen) atoms. The van der Waals surface area contributed by atoms with E-state index in [1.807, 2.05) is 48.7 Å². The molecule has 6 heteroatoms. The second-order valence-electron chi connectivity index (χ2n) is 7.54. The van der Waals surface area contributed by atoms with Crippen molar-refractivity contribution in [3.8, 4) is 11.3 Å². The van der Waals surface area contributed by atoms with Gasteiger partial charge >= 0.3 is 0 Å². The highest BCUT2D eigenvalue weighted by atomic mass is 16.2. The van der Waals surface area contributed by atoms with Crippen molar-refractivity contribution >= 4 is 5.91 Å². The molecule has 3 aromatic rings. The van der Waals surface area contributed by atoms with Crippen LogP contribution < -0.4 is 0 Å². The van der Waals surface area contributed by atoms with E-state index in [0.717, 1.165) is 29.9 Å². The lowest BCUT2D eigenvalue weighted by Gasteiger charge is -2.20. The zero-order valence-electron chi connectivity index (χ0n) is 16.6. The van der Waals surface area contributed by atoms with Gasteiger partial charge in [0.2, 0.25) is 0 Å². The Labute approximate surface area is 165 Å². The number of fused-ring (bicyclic) bond motifs is 1. The maximum atomic E-state index is 13.0. The second kappa shape index (κ2) is 7.54. The summed E-state index contributed by atoms with van der Waals surface area (Å²) in [6.07, 6.45) is 4.89. The highest BCUT2D eigenvalue weighted by Gasteiger charge is 2.25. The van der Waals surface area contributed by atoms with Crippen LogP contribution in [0.15, 0.2) is 42.7 Å². The smallest absolute Gasteiger partial charge is 0.257 e. The monoisotopic (exact) mass is 375 g/mol. The Bertz CT molecular complexity index is 976. The van der Waals surface area contributed by atoms with Crippen molar-refractivity contribution in [2.75, 3.05) is 13.1 Å². The van der Waals surface area contributed by atoms with Gasteiger partial charge in [0.05, 0.1) is 11.3 Å². The number of aromatic nitrogens is 4. The van der Waals surface area contributed by atoms with Crippen LogP contribution in [0.1, 0.15) is 47.2 Å². The molecule has 3 heterocycles. The van der Waals surface area contributed by atoms with Crippen LogP contribution in [0.3, 0.4) is 0 Å². The molecule has 0 aliphatic carbocycles. The van der Waals surface area contributed by atoms with Gasteiger partial charge in [-0.05, 0) is 6.42 Å². The van der Waals surface area contributed by atoms with E-state index in [-0.39, 0.29) is 11.8 Å². The molecule has 2 aromatic heterocycles. The summed E-state index contributed by atoms with van der Waals surface area (Å²) in [5.74, 6) is 1.01. The first-order valence-electron chi connectivity index (χ1n) is 9.76. The molecule has 0 unspecified atom stereocenters. The molecule has 1 aliphatic heterocycles. The molecule has 0 saturated heterocycles. The largest absolute Gasteiger partial charge is 0.338 e. The SMILES string of the molecule is CC(C)c1ncc(C(=O)N2CCc3c(-c4ccccc4)nn(C)c3CC2)cn1. The van der Waals surface area contributed by atoms with Gasteiger partial charge in [-0.3, -0.25) is 9.48 Å². The fourth-order valence-electron chi connectivity index (χ4n) is 3.74. The van der Waals surface area contributed by atoms with Crippen LogP contribution in [-0.4, -0.2) is 43.6 Å². The average Bonchev–Trinajstić information content (AvgIpc) is 2.89. The topological polar surface area (TPSA) is 63.9 Å². The van der Waals surface area contributed by atoms with Crippen molar-refractivity contribution in [1.82, 2.24) is 24.6 Å². The summed E-state index contributed by atoms with van der Waals surface area (Å²) in [7, 11) is 1.99. The van der Waals surface area contributed by atoms with Crippen molar-refractivity contribution in [3.63, 3.8) is 0 Å². The first kappa shape index (κ1) is 18.3. The Hall–Kier alpha value is -3.02. The Morgan fingerprint density at radius 1 is 1.04 bits per heavy atom. The molecule has 1 aliphatic rings. The number of amides is 1. The van der Waals surface area contributed by atoms with Gasteiger partial charge in [0, 0.05) is 61.7 Å². The number of carbonyl (C=O) groups is 1. The number of hydrogen-bond donors (Lipinski definition) is 0. The van der Waals surface area contributed by atoms with Crippen LogP contribution >= 0.6 is 0 Å². The maximum absolute atomic E-state index is 13.0.